The van der Waals surface area contributed by atoms with E-state index in [9.17, 15) is 0 Å². The highest BCUT2D eigenvalue weighted by atomic mass is 16.5. The first-order valence-corrected chi connectivity index (χ1v) is 9.86. The molecule has 1 fully saturated rings. The second kappa shape index (κ2) is 8.57. The molecule has 1 aliphatic rings. The first-order valence-electron chi connectivity index (χ1n) is 9.86. The van der Waals surface area contributed by atoms with Crippen LogP contribution >= 0.6 is 0 Å². The second-order valence-corrected chi connectivity index (χ2v) is 7.39. The van der Waals surface area contributed by atoms with Gasteiger partial charge in [-0.25, -0.2) is 0 Å². The van der Waals surface area contributed by atoms with E-state index in [2.05, 4.69) is 39.1 Å². The number of para-hydroxylation sites is 1. The third-order valence-electron chi connectivity index (χ3n) is 5.83. The van der Waals surface area contributed by atoms with Crippen LogP contribution in [0.2, 0.25) is 0 Å². The van der Waals surface area contributed by atoms with Crippen molar-refractivity contribution in [2.24, 2.45) is 5.92 Å². The summed E-state index contributed by atoms with van der Waals surface area (Å²) >= 11 is 0. The summed E-state index contributed by atoms with van der Waals surface area (Å²) in [6, 6.07) is 12.5. The number of anilines is 1. The number of hydrogen-bond acceptors (Lipinski definition) is 5. The van der Waals surface area contributed by atoms with Gasteiger partial charge in [0.2, 0.25) is 0 Å². The van der Waals surface area contributed by atoms with Crippen LogP contribution < -0.4 is 9.64 Å². The Kier molecular flexibility index (Phi) is 5.72. The topological polar surface area (TPSA) is 47.5 Å². The quantitative estimate of drug-likeness (QED) is 0.641. The minimum atomic E-state index is 0.297. The van der Waals surface area contributed by atoms with Crippen molar-refractivity contribution in [3.05, 3.63) is 60.6 Å². The van der Waals surface area contributed by atoms with Crippen molar-refractivity contribution in [2.45, 2.75) is 18.8 Å². The van der Waals surface area contributed by atoms with Crippen molar-refractivity contribution in [3.63, 3.8) is 0 Å². The first-order chi connectivity index (χ1) is 13.8. The van der Waals surface area contributed by atoms with Crippen molar-refractivity contribution < 1.29 is 9.47 Å². The zero-order valence-corrected chi connectivity index (χ0v) is 16.5. The van der Waals surface area contributed by atoms with E-state index in [4.69, 9.17) is 9.47 Å². The average Bonchev–Trinajstić information content (AvgIpc) is 2.77. The molecule has 0 N–H and O–H groups in total. The largest absolute Gasteiger partial charge is 0.496 e. The Hall–Kier alpha value is -2.66. The first kappa shape index (κ1) is 18.7. The summed E-state index contributed by atoms with van der Waals surface area (Å²) in [5.41, 5.74) is 3.40. The molecule has 4 rings (SSSR count). The van der Waals surface area contributed by atoms with Crippen LogP contribution in [0.1, 0.15) is 24.3 Å². The third kappa shape index (κ3) is 3.80. The summed E-state index contributed by atoms with van der Waals surface area (Å²) in [6.07, 6.45) is 7.93. The number of aromatic nitrogens is 2. The molecule has 0 radical (unpaired) electrons. The molecule has 1 aliphatic heterocycles. The molecule has 1 aromatic carbocycles. The fraction of sp³-hybridized carbons (Fsp3) is 0.391. The summed E-state index contributed by atoms with van der Waals surface area (Å²) in [4.78, 5) is 11.4. The van der Waals surface area contributed by atoms with Crippen LogP contribution in [0.4, 0.5) is 5.69 Å². The van der Waals surface area contributed by atoms with Crippen LogP contribution in [-0.4, -0.2) is 43.9 Å². The number of nitrogens with zero attached hydrogens (tertiary/aromatic N) is 3. The summed E-state index contributed by atoms with van der Waals surface area (Å²) < 4.78 is 11.1. The van der Waals surface area contributed by atoms with Crippen molar-refractivity contribution in [3.8, 4) is 5.75 Å². The van der Waals surface area contributed by atoms with E-state index < -0.39 is 0 Å². The highest BCUT2D eigenvalue weighted by Gasteiger charge is 2.30. The fourth-order valence-electron chi connectivity index (χ4n) is 4.31. The highest BCUT2D eigenvalue weighted by Crippen LogP contribution is 2.38. The summed E-state index contributed by atoms with van der Waals surface area (Å²) in [5.74, 6) is 1.74. The monoisotopic (exact) mass is 377 g/mol. The number of ether oxygens (including phenoxy) is 2. The zero-order valence-electron chi connectivity index (χ0n) is 16.5. The number of fused-ring (bicyclic) bond motifs is 1. The van der Waals surface area contributed by atoms with Crippen molar-refractivity contribution in [1.29, 1.82) is 0 Å². The lowest BCUT2D eigenvalue weighted by molar-refractivity contribution is 0.145. The predicted octanol–water partition coefficient (Wildman–Crippen LogP) is 4.29. The van der Waals surface area contributed by atoms with Gasteiger partial charge < -0.3 is 14.4 Å². The minimum absolute atomic E-state index is 0.297. The normalized spacial score (nSPS) is 16.3. The van der Waals surface area contributed by atoms with E-state index in [1.165, 1.54) is 11.1 Å². The Morgan fingerprint density at radius 1 is 1.11 bits per heavy atom. The Labute approximate surface area is 166 Å². The minimum Gasteiger partial charge on any atom is -0.496 e. The van der Waals surface area contributed by atoms with E-state index in [1.54, 1.807) is 20.4 Å². The zero-order chi connectivity index (χ0) is 19.3. The Morgan fingerprint density at radius 3 is 2.71 bits per heavy atom. The van der Waals surface area contributed by atoms with Gasteiger partial charge in [-0.15, -0.1) is 0 Å². The van der Waals surface area contributed by atoms with Gasteiger partial charge in [0.15, 0.2) is 0 Å². The molecule has 0 amide bonds. The SMILES string of the molecule is COCC(c1cnccc1OC)C1CCN(c2cnc3ccccc3c2)CC1. The maximum absolute atomic E-state index is 5.58. The fourth-order valence-corrected chi connectivity index (χ4v) is 4.31. The van der Waals surface area contributed by atoms with Crippen molar-refractivity contribution >= 4 is 16.6 Å². The van der Waals surface area contributed by atoms with E-state index in [-0.39, 0.29) is 0 Å². The van der Waals surface area contributed by atoms with Crippen molar-refractivity contribution in [2.75, 3.05) is 38.8 Å². The van der Waals surface area contributed by atoms with Gasteiger partial charge in [0.05, 0.1) is 31.1 Å². The molecule has 1 saturated heterocycles. The molecule has 0 bridgehead atoms. The lowest BCUT2D eigenvalue weighted by atomic mass is 9.80. The van der Waals surface area contributed by atoms with Crippen LogP contribution in [-0.2, 0) is 4.74 Å². The molecule has 28 heavy (non-hydrogen) atoms. The van der Waals surface area contributed by atoms with Gasteiger partial charge in [-0.1, -0.05) is 18.2 Å². The summed E-state index contributed by atoms with van der Waals surface area (Å²) in [6.45, 7) is 2.73. The standard InChI is InChI=1S/C23H27N3O2/c1-27-16-21(20-15-24-10-7-23(20)28-2)17-8-11-26(12-9-17)19-13-18-5-3-4-6-22(18)25-14-19/h3-7,10,13-15,17,21H,8-9,11-12,16H2,1-2H3. The molecule has 5 heteroatoms. The molecule has 1 unspecified atom stereocenters. The van der Waals surface area contributed by atoms with Gasteiger partial charge in [0, 0.05) is 49.5 Å². The van der Waals surface area contributed by atoms with E-state index in [1.807, 2.05) is 24.5 Å². The number of methoxy groups -OCH3 is 2. The molecule has 2 aromatic heterocycles. The lowest BCUT2D eigenvalue weighted by Crippen LogP contribution is -2.36. The van der Waals surface area contributed by atoms with Crippen LogP contribution in [0, 0.1) is 5.92 Å². The predicted molar refractivity (Wildman–Crippen MR) is 112 cm³/mol. The molecule has 3 aromatic rings. The molecule has 0 spiro atoms. The van der Waals surface area contributed by atoms with Gasteiger partial charge in [-0.3, -0.25) is 9.97 Å². The molecule has 5 nitrogen and oxygen atoms in total. The Balaban J connectivity index is 1.49. The number of pyridine rings is 2. The van der Waals surface area contributed by atoms with Gasteiger partial charge in [-0.05, 0) is 37.0 Å². The summed E-state index contributed by atoms with van der Waals surface area (Å²) in [7, 11) is 3.49. The number of piperidine rings is 1. The van der Waals surface area contributed by atoms with E-state index >= 15 is 0 Å². The van der Waals surface area contributed by atoms with Gasteiger partial charge in [-0.2, -0.15) is 0 Å². The number of hydrogen-bond donors (Lipinski definition) is 0. The molecule has 0 saturated carbocycles. The smallest absolute Gasteiger partial charge is 0.125 e. The highest BCUT2D eigenvalue weighted by molar-refractivity contribution is 5.81. The molecular formula is C23H27N3O2. The third-order valence-corrected chi connectivity index (χ3v) is 5.83. The van der Waals surface area contributed by atoms with Gasteiger partial charge >= 0.3 is 0 Å². The van der Waals surface area contributed by atoms with Gasteiger partial charge in [0.25, 0.3) is 0 Å². The maximum atomic E-state index is 5.58. The van der Waals surface area contributed by atoms with Crippen LogP contribution in [0.5, 0.6) is 5.75 Å². The second-order valence-electron chi connectivity index (χ2n) is 7.39. The number of rotatable bonds is 6. The molecule has 3 heterocycles. The molecule has 0 aliphatic carbocycles. The molecular weight excluding hydrogens is 350 g/mol. The Bertz CT molecular complexity index is 922. The molecule has 1 atom stereocenters. The van der Waals surface area contributed by atoms with Crippen LogP contribution in [0.15, 0.2) is 55.0 Å². The maximum Gasteiger partial charge on any atom is 0.125 e. The van der Waals surface area contributed by atoms with Crippen molar-refractivity contribution in [1.82, 2.24) is 9.97 Å². The molecule has 146 valence electrons. The van der Waals surface area contributed by atoms with Crippen LogP contribution in [0.3, 0.4) is 0 Å². The van der Waals surface area contributed by atoms with E-state index in [0.717, 1.165) is 42.8 Å². The Morgan fingerprint density at radius 2 is 1.93 bits per heavy atom. The average molecular weight is 377 g/mol. The van der Waals surface area contributed by atoms with Gasteiger partial charge in [0.1, 0.15) is 5.75 Å². The summed E-state index contributed by atoms with van der Waals surface area (Å²) in [5, 5.41) is 1.19. The van der Waals surface area contributed by atoms with Crippen LogP contribution in [0.25, 0.3) is 10.9 Å². The number of benzene rings is 1. The van der Waals surface area contributed by atoms with E-state index in [0.29, 0.717) is 18.4 Å². The lowest BCUT2D eigenvalue weighted by Gasteiger charge is -2.37.